The lowest BCUT2D eigenvalue weighted by atomic mass is 9.96. The second kappa shape index (κ2) is 8.26. The van der Waals surface area contributed by atoms with Crippen LogP contribution in [0.15, 0.2) is 0 Å². The van der Waals surface area contributed by atoms with Crippen LogP contribution in [0.4, 0.5) is 0 Å². The third kappa shape index (κ3) is 6.76. The molecule has 1 rings (SSSR count). The molecule has 0 amide bonds. The predicted molar refractivity (Wildman–Crippen MR) is 85.7 cm³/mol. The van der Waals surface area contributed by atoms with Crippen molar-refractivity contribution in [2.75, 3.05) is 19.6 Å². The van der Waals surface area contributed by atoms with Crippen molar-refractivity contribution in [2.24, 2.45) is 5.92 Å². The van der Waals surface area contributed by atoms with E-state index in [2.05, 4.69) is 44.8 Å². The molecule has 2 heteroatoms. The molecule has 0 aromatic rings. The Labute approximate surface area is 121 Å². The molecule has 2 atom stereocenters. The summed E-state index contributed by atoms with van der Waals surface area (Å²) in [5.41, 5.74) is 0.240. The zero-order chi connectivity index (χ0) is 14.3. The second-order valence-electron chi connectivity index (χ2n) is 7.31. The molecule has 0 aliphatic carbocycles. The van der Waals surface area contributed by atoms with Crippen LogP contribution in [0.2, 0.25) is 0 Å². The van der Waals surface area contributed by atoms with Gasteiger partial charge in [0, 0.05) is 18.1 Å². The van der Waals surface area contributed by atoms with Crippen molar-refractivity contribution in [1.29, 1.82) is 0 Å². The second-order valence-corrected chi connectivity index (χ2v) is 7.31. The van der Waals surface area contributed by atoms with E-state index in [0.29, 0.717) is 0 Å². The van der Waals surface area contributed by atoms with Crippen LogP contribution in [0.3, 0.4) is 0 Å². The van der Waals surface area contributed by atoms with E-state index in [9.17, 15) is 0 Å². The van der Waals surface area contributed by atoms with E-state index in [-0.39, 0.29) is 5.54 Å². The lowest BCUT2D eigenvalue weighted by Crippen LogP contribution is -2.47. The summed E-state index contributed by atoms with van der Waals surface area (Å²) in [6, 6.07) is 0.722. The minimum absolute atomic E-state index is 0.240. The Morgan fingerprint density at radius 1 is 1.16 bits per heavy atom. The van der Waals surface area contributed by atoms with Gasteiger partial charge in [-0.3, -0.25) is 4.90 Å². The Morgan fingerprint density at radius 3 is 2.47 bits per heavy atom. The van der Waals surface area contributed by atoms with Crippen LogP contribution in [-0.4, -0.2) is 36.1 Å². The van der Waals surface area contributed by atoms with Gasteiger partial charge >= 0.3 is 0 Å². The summed E-state index contributed by atoms with van der Waals surface area (Å²) < 4.78 is 0. The summed E-state index contributed by atoms with van der Waals surface area (Å²) in [6.07, 6.45) is 8.32. The Morgan fingerprint density at radius 2 is 1.89 bits per heavy atom. The predicted octanol–water partition coefficient (Wildman–Crippen LogP) is 4.06. The fraction of sp³-hybridized carbons (Fsp3) is 1.00. The zero-order valence-electron chi connectivity index (χ0n) is 14.0. The highest BCUT2D eigenvalue weighted by Crippen LogP contribution is 2.23. The van der Waals surface area contributed by atoms with E-state index >= 15 is 0 Å². The summed E-state index contributed by atoms with van der Waals surface area (Å²) in [5.74, 6) is 0.989. The summed E-state index contributed by atoms with van der Waals surface area (Å²) in [4.78, 5) is 2.74. The first kappa shape index (κ1) is 17.0. The van der Waals surface area contributed by atoms with E-state index in [4.69, 9.17) is 0 Å². The van der Waals surface area contributed by atoms with Gasteiger partial charge in [0.2, 0.25) is 0 Å². The number of nitrogens with one attached hydrogen (secondary N) is 1. The van der Waals surface area contributed by atoms with Gasteiger partial charge < -0.3 is 5.32 Å². The average molecular weight is 268 g/mol. The van der Waals surface area contributed by atoms with Gasteiger partial charge in [-0.15, -0.1) is 0 Å². The third-order valence-corrected chi connectivity index (χ3v) is 4.43. The zero-order valence-corrected chi connectivity index (χ0v) is 14.0. The van der Waals surface area contributed by atoms with E-state index in [1.54, 1.807) is 0 Å². The minimum atomic E-state index is 0.240. The molecule has 0 radical (unpaired) electrons. The smallest absolute Gasteiger partial charge is 0.0218 e. The first-order valence-corrected chi connectivity index (χ1v) is 8.45. The average Bonchev–Trinajstić information content (AvgIpc) is 2.55. The standard InChI is InChI=1S/C17H36N2/c1-6-9-15-10-8-12-19(13-11-15)16(7-2)14-18-17(3,4)5/h15-16,18H,6-14H2,1-5H3. The Balaban J connectivity index is 2.43. The normalized spacial score (nSPS) is 24.2. The van der Waals surface area contributed by atoms with Gasteiger partial charge in [-0.05, 0) is 65.5 Å². The van der Waals surface area contributed by atoms with Gasteiger partial charge in [0.05, 0.1) is 0 Å². The molecular formula is C17H36N2. The van der Waals surface area contributed by atoms with Crippen molar-refractivity contribution in [2.45, 2.75) is 84.7 Å². The number of likely N-dealkylation sites (tertiary alicyclic amines) is 1. The molecule has 1 saturated heterocycles. The first-order valence-electron chi connectivity index (χ1n) is 8.45. The lowest BCUT2D eigenvalue weighted by Gasteiger charge is -2.33. The maximum absolute atomic E-state index is 3.69. The SMILES string of the molecule is CCCC1CCCN(C(CC)CNC(C)(C)C)CC1. The molecule has 2 unspecified atom stereocenters. The molecular weight excluding hydrogens is 232 g/mol. The summed E-state index contributed by atoms with van der Waals surface area (Å²) in [7, 11) is 0. The highest BCUT2D eigenvalue weighted by Gasteiger charge is 2.22. The van der Waals surface area contributed by atoms with Crippen LogP contribution in [0.25, 0.3) is 0 Å². The molecule has 1 aliphatic rings. The van der Waals surface area contributed by atoms with E-state index in [1.165, 1.54) is 51.6 Å². The van der Waals surface area contributed by atoms with Crippen molar-refractivity contribution < 1.29 is 0 Å². The highest BCUT2D eigenvalue weighted by molar-refractivity contribution is 4.80. The number of nitrogens with zero attached hydrogens (tertiary/aromatic N) is 1. The van der Waals surface area contributed by atoms with Gasteiger partial charge in [-0.25, -0.2) is 0 Å². The van der Waals surface area contributed by atoms with Crippen molar-refractivity contribution in [3.63, 3.8) is 0 Å². The molecule has 1 heterocycles. The van der Waals surface area contributed by atoms with Crippen LogP contribution >= 0.6 is 0 Å². The topological polar surface area (TPSA) is 15.3 Å². The first-order chi connectivity index (χ1) is 8.96. The van der Waals surface area contributed by atoms with Crippen molar-refractivity contribution in [3.05, 3.63) is 0 Å². The highest BCUT2D eigenvalue weighted by atomic mass is 15.2. The molecule has 0 aromatic carbocycles. The maximum Gasteiger partial charge on any atom is 0.0218 e. The van der Waals surface area contributed by atoms with Crippen molar-refractivity contribution >= 4 is 0 Å². The fourth-order valence-electron chi connectivity index (χ4n) is 3.21. The molecule has 0 bridgehead atoms. The summed E-state index contributed by atoms with van der Waals surface area (Å²) in [5, 5.41) is 3.69. The molecule has 114 valence electrons. The maximum atomic E-state index is 3.69. The van der Waals surface area contributed by atoms with Crippen LogP contribution < -0.4 is 5.32 Å². The fourth-order valence-corrected chi connectivity index (χ4v) is 3.21. The number of hydrogen-bond donors (Lipinski definition) is 1. The molecule has 0 spiro atoms. The Bertz CT molecular complexity index is 232. The lowest BCUT2D eigenvalue weighted by molar-refractivity contribution is 0.181. The summed E-state index contributed by atoms with van der Waals surface area (Å²) >= 11 is 0. The minimum Gasteiger partial charge on any atom is -0.311 e. The molecule has 19 heavy (non-hydrogen) atoms. The Hall–Kier alpha value is -0.0800. The van der Waals surface area contributed by atoms with Gasteiger partial charge in [0.25, 0.3) is 0 Å². The molecule has 2 nitrogen and oxygen atoms in total. The van der Waals surface area contributed by atoms with Crippen LogP contribution in [-0.2, 0) is 0 Å². The molecule has 0 aromatic heterocycles. The van der Waals surface area contributed by atoms with Crippen molar-refractivity contribution in [3.8, 4) is 0 Å². The molecule has 1 fully saturated rings. The monoisotopic (exact) mass is 268 g/mol. The number of rotatable bonds is 6. The van der Waals surface area contributed by atoms with Gasteiger partial charge in [-0.2, -0.15) is 0 Å². The summed E-state index contributed by atoms with van der Waals surface area (Å²) in [6.45, 7) is 15.2. The molecule has 0 saturated carbocycles. The van der Waals surface area contributed by atoms with Crippen LogP contribution in [0.1, 0.15) is 73.1 Å². The molecule has 1 aliphatic heterocycles. The van der Waals surface area contributed by atoms with Gasteiger partial charge in [-0.1, -0.05) is 26.7 Å². The molecule has 1 N–H and O–H groups in total. The van der Waals surface area contributed by atoms with Gasteiger partial charge in [0.1, 0.15) is 0 Å². The number of hydrogen-bond acceptors (Lipinski definition) is 2. The van der Waals surface area contributed by atoms with Crippen LogP contribution in [0.5, 0.6) is 0 Å². The van der Waals surface area contributed by atoms with E-state index < -0.39 is 0 Å². The largest absolute Gasteiger partial charge is 0.311 e. The van der Waals surface area contributed by atoms with Crippen molar-refractivity contribution in [1.82, 2.24) is 10.2 Å². The third-order valence-electron chi connectivity index (χ3n) is 4.43. The quantitative estimate of drug-likeness (QED) is 0.781. The van der Waals surface area contributed by atoms with E-state index in [0.717, 1.165) is 18.5 Å². The van der Waals surface area contributed by atoms with Gasteiger partial charge in [0.15, 0.2) is 0 Å². The van der Waals surface area contributed by atoms with Crippen LogP contribution in [0, 0.1) is 5.92 Å². The Kier molecular flexibility index (Phi) is 7.38. The van der Waals surface area contributed by atoms with E-state index in [1.807, 2.05) is 0 Å².